The minimum atomic E-state index is -0.0819. The Labute approximate surface area is 130 Å². The number of hydrogen-bond acceptors (Lipinski definition) is 3. The van der Waals surface area contributed by atoms with Gasteiger partial charge in [-0.15, -0.1) is 0 Å². The number of carbonyl (C=O) groups excluding carboxylic acids is 1. The smallest absolute Gasteiger partial charge is 0.255 e. The number of nitrogen functional groups attached to an aromatic ring is 1. The van der Waals surface area contributed by atoms with Crippen molar-refractivity contribution in [1.29, 1.82) is 0 Å². The van der Waals surface area contributed by atoms with E-state index in [1.54, 1.807) is 12.1 Å². The molecule has 114 valence electrons. The maximum absolute atomic E-state index is 12.4. The molecule has 1 heterocycles. The van der Waals surface area contributed by atoms with Crippen molar-refractivity contribution >= 4 is 17.3 Å². The number of nitrogens with two attached hydrogens (primary N) is 1. The summed E-state index contributed by atoms with van der Waals surface area (Å²) in [6.07, 6.45) is 1.15. The number of fused-ring (bicyclic) bond motifs is 1. The quantitative estimate of drug-likeness (QED) is 0.851. The van der Waals surface area contributed by atoms with Crippen molar-refractivity contribution in [2.45, 2.75) is 26.4 Å². The van der Waals surface area contributed by atoms with Gasteiger partial charge in [0, 0.05) is 30.0 Å². The first-order chi connectivity index (χ1) is 10.7. The van der Waals surface area contributed by atoms with Gasteiger partial charge in [-0.05, 0) is 60.5 Å². The topological polar surface area (TPSA) is 58.4 Å². The third kappa shape index (κ3) is 3.12. The molecule has 3 rings (SSSR count). The first-order valence-electron chi connectivity index (χ1n) is 7.67. The summed E-state index contributed by atoms with van der Waals surface area (Å²) in [6, 6.07) is 13.2. The van der Waals surface area contributed by atoms with E-state index in [0.717, 1.165) is 31.7 Å². The average Bonchev–Trinajstić information content (AvgIpc) is 2.91. The molecular weight excluding hydrogens is 274 g/mol. The van der Waals surface area contributed by atoms with Gasteiger partial charge in [-0.1, -0.05) is 13.0 Å². The van der Waals surface area contributed by atoms with E-state index in [0.29, 0.717) is 11.3 Å². The molecule has 2 aromatic rings. The molecule has 0 fully saturated rings. The summed E-state index contributed by atoms with van der Waals surface area (Å²) in [6.45, 7) is 5.21. The number of nitrogens with one attached hydrogen (secondary N) is 1. The van der Waals surface area contributed by atoms with Gasteiger partial charge in [-0.25, -0.2) is 0 Å². The van der Waals surface area contributed by atoms with Gasteiger partial charge in [0.25, 0.3) is 5.91 Å². The Balaban J connectivity index is 1.72. The van der Waals surface area contributed by atoms with Crippen LogP contribution in [0.1, 0.15) is 34.8 Å². The van der Waals surface area contributed by atoms with E-state index in [1.807, 2.05) is 24.3 Å². The minimum absolute atomic E-state index is 0.0819. The van der Waals surface area contributed by atoms with Crippen LogP contribution in [0, 0.1) is 0 Å². The van der Waals surface area contributed by atoms with Gasteiger partial charge in [0.05, 0.1) is 0 Å². The molecule has 1 aliphatic heterocycles. The molecule has 0 saturated carbocycles. The zero-order chi connectivity index (χ0) is 15.5. The van der Waals surface area contributed by atoms with Crippen LogP contribution in [0.4, 0.5) is 11.4 Å². The maximum atomic E-state index is 12.4. The van der Waals surface area contributed by atoms with Crippen molar-refractivity contribution in [3.8, 4) is 0 Å². The molecule has 0 radical (unpaired) electrons. The first-order valence-corrected chi connectivity index (χ1v) is 7.67. The van der Waals surface area contributed by atoms with E-state index in [2.05, 4.69) is 23.2 Å². The lowest BCUT2D eigenvalue weighted by molar-refractivity contribution is 0.102. The summed E-state index contributed by atoms with van der Waals surface area (Å²) in [5.41, 5.74) is 10.4. The van der Waals surface area contributed by atoms with Crippen molar-refractivity contribution in [2.75, 3.05) is 17.6 Å². The van der Waals surface area contributed by atoms with Crippen LogP contribution in [0.3, 0.4) is 0 Å². The van der Waals surface area contributed by atoms with Crippen LogP contribution in [0.15, 0.2) is 42.5 Å². The van der Waals surface area contributed by atoms with E-state index in [9.17, 15) is 4.79 Å². The SMILES string of the molecule is CCCN1Cc2ccc(C(=O)Nc3ccc(N)cc3)cc2C1. The molecule has 3 N–H and O–H groups in total. The zero-order valence-corrected chi connectivity index (χ0v) is 12.8. The van der Waals surface area contributed by atoms with E-state index in [-0.39, 0.29) is 5.91 Å². The lowest BCUT2D eigenvalue weighted by Crippen LogP contribution is -2.16. The van der Waals surface area contributed by atoms with Crippen molar-refractivity contribution in [3.63, 3.8) is 0 Å². The number of benzene rings is 2. The number of hydrogen-bond donors (Lipinski definition) is 2. The molecule has 1 aliphatic rings. The average molecular weight is 295 g/mol. The summed E-state index contributed by atoms with van der Waals surface area (Å²) in [4.78, 5) is 14.8. The molecule has 4 nitrogen and oxygen atoms in total. The van der Waals surface area contributed by atoms with Crippen LogP contribution in [0.2, 0.25) is 0 Å². The Kier molecular flexibility index (Phi) is 4.11. The molecule has 0 aliphatic carbocycles. The standard InChI is InChI=1S/C18H21N3O/c1-2-9-21-11-14-4-3-13(10-15(14)12-21)18(22)20-17-7-5-16(19)6-8-17/h3-8,10H,2,9,11-12,19H2,1H3,(H,20,22). The predicted octanol–water partition coefficient (Wildman–Crippen LogP) is 3.25. The largest absolute Gasteiger partial charge is 0.399 e. The molecule has 22 heavy (non-hydrogen) atoms. The fourth-order valence-electron chi connectivity index (χ4n) is 2.85. The van der Waals surface area contributed by atoms with Gasteiger partial charge in [-0.3, -0.25) is 9.69 Å². The second kappa shape index (κ2) is 6.20. The number of carbonyl (C=O) groups is 1. The van der Waals surface area contributed by atoms with Crippen LogP contribution in [0.25, 0.3) is 0 Å². The summed E-state index contributed by atoms with van der Waals surface area (Å²) >= 11 is 0. The Hall–Kier alpha value is -2.33. The molecule has 0 atom stereocenters. The molecular formula is C18H21N3O. The van der Waals surface area contributed by atoms with Gasteiger partial charge < -0.3 is 11.1 Å². The lowest BCUT2D eigenvalue weighted by atomic mass is 10.1. The molecule has 4 heteroatoms. The summed E-state index contributed by atoms with van der Waals surface area (Å²) in [7, 11) is 0. The number of nitrogens with zero attached hydrogens (tertiary/aromatic N) is 1. The highest BCUT2D eigenvalue weighted by molar-refractivity contribution is 6.04. The molecule has 1 amide bonds. The van der Waals surface area contributed by atoms with Gasteiger partial charge in [0.2, 0.25) is 0 Å². The predicted molar refractivity (Wildman–Crippen MR) is 89.7 cm³/mol. The van der Waals surface area contributed by atoms with Crippen LogP contribution in [-0.4, -0.2) is 17.4 Å². The second-order valence-electron chi connectivity index (χ2n) is 5.77. The third-order valence-electron chi connectivity index (χ3n) is 3.96. The van der Waals surface area contributed by atoms with Crippen molar-refractivity contribution in [2.24, 2.45) is 0 Å². The molecule has 0 spiro atoms. The molecule has 0 unspecified atom stereocenters. The number of amides is 1. The zero-order valence-electron chi connectivity index (χ0n) is 12.8. The van der Waals surface area contributed by atoms with Crippen LogP contribution < -0.4 is 11.1 Å². The van der Waals surface area contributed by atoms with E-state index < -0.39 is 0 Å². The lowest BCUT2D eigenvalue weighted by Gasteiger charge is -2.12. The van der Waals surface area contributed by atoms with Gasteiger partial charge >= 0.3 is 0 Å². The molecule has 0 aromatic heterocycles. The monoisotopic (exact) mass is 295 g/mol. The van der Waals surface area contributed by atoms with Crippen LogP contribution in [-0.2, 0) is 13.1 Å². The fourth-order valence-corrected chi connectivity index (χ4v) is 2.85. The Morgan fingerprint density at radius 3 is 2.59 bits per heavy atom. The summed E-state index contributed by atoms with van der Waals surface area (Å²) in [5.74, 6) is -0.0819. The number of rotatable bonds is 4. The van der Waals surface area contributed by atoms with Gasteiger partial charge in [0.15, 0.2) is 0 Å². The highest BCUT2D eigenvalue weighted by Gasteiger charge is 2.19. The highest BCUT2D eigenvalue weighted by atomic mass is 16.1. The third-order valence-corrected chi connectivity index (χ3v) is 3.96. The molecule has 0 saturated heterocycles. The minimum Gasteiger partial charge on any atom is -0.399 e. The van der Waals surface area contributed by atoms with Crippen molar-refractivity contribution in [3.05, 3.63) is 59.2 Å². The van der Waals surface area contributed by atoms with E-state index in [1.165, 1.54) is 11.1 Å². The van der Waals surface area contributed by atoms with Crippen molar-refractivity contribution in [1.82, 2.24) is 4.90 Å². The van der Waals surface area contributed by atoms with Crippen LogP contribution >= 0.6 is 0 Å². The van der Waals surface area contributed by atoms with Crippen molar-refractivity contribution < 1.29 is 4.79 Å². The Morgan fingerprint density at radius 2 is 1.86 bits per heavy atom. The summed E-state index contributed by atoms with van der Waals surface area (Å²) < 4.78 is 0. The summed E-state index contributed by atoms with van der Waals surface area (Å²) in [5, 5.41) is 2.90. The van der Waals surface area contributed by atoms with Crippen LogP contribution in [0.5, 0.6) is 0 Å². The first kappa shape index (κ1) is 14.6. The Morgan fingerprint density at radius 1 is 1.14 bits per heavy atom. The van der Waals surface area contributed by atoms with Gasteiger partial charge in [0.1, 0.15) is 0 Å². The van der Waals surface area contributed by atoms with Gasteiger partial charge in [-0.2, -0.15) is 0 Å². The molecule has 0 bridgehead atoms. The van der Waals surface area contributed by atoms with E-state index >= 15 is 0 Å². The molecule has 2 aromatic carbocycles. The normalized spacial score (nSPS) is 13.9. The Bertz CT molecular complexity index is 679. The second-order valence-corrected chi connectivity index (χ2v) is 5.77. The fraction of sp³-hybridized carbons (Fsp3) is 0.278. The maximum Gasteiger partial charge on any atom is 0.255 e. The number of anilines is 2. The van der Waals surface area contributed by atoms with E-state index in [4.69, 9.17) is 5.73 Å². The highest BCUT2D eigenvalue weighted by Crippen LogP contribution is 2.24.